The Balaban J connectivity index is 1.99. The van der Waals surface area contributed by atoms with E-state index in [9.17, 15) is 0 Å². The van der Waals surface area contributed by atoms with Crippen LogP contribution in [0.15, 0.2) is 30.3 Å². The first-order chi connectivity index (χ1) is 8.83. The lowest BCUT2D eigenvalue weighted by atomic mass is 10.1. The van der Waals surface area contributed by atoms with Gasteiger partial charge < -0.3 is 5.32 Å². The maximum Gasteiger partial charge on any atom is 0.0694 e. The van der Waals surface area contributed by atoms with Gasteiger partial charge in [0.2, 0.25) is 0 Å². The molecule has 0 amide bonds. The third-order valence-corrected chi connectivity index (χ3v) is 4.15. The van der Waals surface area contributed by atoms with Crippen molar-refractivity contribution in [1.29, 1.82) is 0 Å². The molecule has 0 bridgehead atoms. The SMILES string of the molecule is CCCCCCCCSC(C)Nc1ccccc1. The molecule has 0 aliphatic carbocycles. The van der Waals surface area contributed by atoms with Crippen LogP contribution in [0.1, 0.15) is 52.4 Å². The van der Waals surface area contributed by atoms with Crippen LogP contribution in [-0.2, 0) is 0 Å². The van der Waals surface area contributed by atoms with Crippen molar-refractivity contribution >= 4 is 17.4 Å². The first-order valence-electron chi connectivity index (χ1n) is 7.26. The summed E-state index contributed by atoms with van der Waals surface area (Å²) in [5.74, 6) is 1.27. The predicted octanol–water partition coefficient (Wildman–Crippen LogP) is 5.54. The molecule has 102 valence electrons. The van der Waals surface area contributed by atoms with Crippen LogP contribution in [0, 0.1) is 0 Å². The molecular formula is C16H27NS. The highest BCUT2D eigenvalue weighted by atomic mass is 32.2. The lowest BCUT2D eigenvalue weighted by Crippen LogP contribution is -2.11. The second kappa shape index (κ2) is 10.3. The Kier molecular flexibility index (Phi) is 8.83. The van der Waals surface area contributed by atoms with E-state index in [1.54, 1.807) is 0 Å². The van der Waals surface area contributed by atoms with Crippen LogP contribution in [0.2, 0.25) is 0 Å². The van der Waals surface area contributed by atoms with Gasteiger partial charge in [0.15, 0.2) is 0 Å². The van der Waals surface area contributed by atoms with Crippen LogP contribution < -0.4 is 5.32 Å². The van der Waals surface area contributed by atoms with Gasteiger partial charge >= 0.3 is 0 Å². The molecule has 2 heteroatoms. The first-order valence-corrected chi connectivity index (χ1v) is 8.31. The minimum atomic E-state index is 0.503. The zero-order valence-electron chi connectivity index (χ0n) is 11.8. The Bertz CT molecular complexity index is 286. The summed E-state index contributed by atoms with van der Waals surface area (Å²) in [6, 6.07) is 10.5. The van der Waals surface area contributed by atoms with E-state index in [1.165, 1.54) is 50.0 Å². The van der Waals surface area contributed by atoms with Gasteiger partial charge in [0.1, 0.15) is 0 Å². The standard InChI is InChI=1S/C16H27NS/c1-3-4-5-6-7-11-14-18-15(2)17-16-12-9-8-10-13-16/h8-10,12-13,15,17H,3-7,11,14H2,1-2H3. The molecule has 0 fully saturated rings. The Morgan fingerprint density at radius 3 is 2.39 bits per heavy atom. The normalized spacial score (nSPS) is 12.3. The van der Waals surface area contributed by atoms with E-state index >= 15 is 0 Å². The van der Waals surface area contributed by atoms with Crippen LogP contribution >= 0.6 is 11.8 Å². The van der Waals surface area contributed by atoms with E-state index in [2.05, 4.69) is 49.5 Å². The summed E-state index contributed by atoms with van der Waals surface area (Å²) in [5.41, 5.74) is 1.22. The molecule has 0 spiro atoms. The average molecular weight is 265 g/mol. The number of benzene rings is 1. The molecule has 0 aliphatic rings. The second-order valence-electron chi connectivity index (χ2n) is 4.79. The molecule has 1 rings (SSSR count). The van der Waals surface area contributed by atoms with Crippen LogP contribution in [0.3, 0.4) is 0 Å². The number of para-hydroxylation sites is 1. The monoisotopic (exact) mass is 265 g/mol. The molecular weight excluding hydrogens is 238 g/mol. The molecule has 0 saturated carbocycles. The first kappa shape index (κ1) is 15.4. The fraction of sp³-hybridized carbons (Fsp3) is 0.625. The number of thioether (sulfide) groups is 1. The van der Waals surface area contributed by atoms with Gasteiger partial charge in [-0.2, -0.15) is 0 Å². The fourth-order valence-corrected chi connectivity index (χ4v) is 2.90. The molecule has 0 aromatic heterocycles. The van der Waals surface area contributed by atoms with Crippen molar-refractivity contribution in [3.63, 3.8) is 0 Å². The van der Waals surface area contributed by atoms with Gasteiger partial charge in [0.25, 0.3) is 0 Å². The number of nitrogens with one attached hydrogen (secondary N) is 1. The van der Waals surface area contributed by atoms with Crippen LogP contribution in [0.25, 0.3) is 0 Å². The lowest BCUT2D eigenvalue weighted by Gasteiger charge is -2.14. The molecule has 0 aliphatic heterocycles. The van der Waals surface area contributed by atoms with E-state index < -0.39 is 0 Å². The zero-order chi connectivity index (χ0) is 13.1. The third kappa shape index (κ3) is 7.65. The smallest absolute Gasteiger partial charge is 0.0694 e. The number of rotatable bonds is 10. The second-order valence-corrected chi connectivity index (χ2v) is 6.24. The molecule has 1 nitrogen and oxygen atoms in total. The van der Waals surface area contributed by atoms with Crippen molar-refractivity contribution in [2.45, 2.75) is 57.7 Å². The molecule has 0 radical (unpaired) electrons. The maximum atomic E-state index is 3.52. The van der Waals surface area contributed by atoms with Crippen molar-refractivity contribution in [3.8, 4) is 0 Å². The highest BCUT2D eigenvalue weighted by Crippen LogP contribution is 2.17. The lowest BCUT2D eigenvalue weighted by molar-refractivity contribution is 0.627. The van der Waals surface area contributed by atoms with Gasteiger partial charge in [-0.25, -0.2) is 0 Å². The summed E-state index contributed by atoms with van der Waals surface area (Å²) in [7, 11) is 0. The van der Waals surface area contributed by atoms with Crippen molar-refractivity contribution < 1.29 is 0 Å². The van der Waals surface area contributed by atoms with Gasteiger partial charge in [0, 0.05) is 5.69 Å². The number of unbranched alkanes of at least 4 members (excludes halogenated alkanes) is 5. The highest BCUT2D eigenvalue weighted by Gasteiger charge is 2.01. The summed E-state index contributed by atoms with van der Waals surface area (Å²) in [6.07, 6.45) is 8.32. The summed E-state index contributed by atoms with van der Waals surface area (Å²) >= 11 is 2.02. The zero-order valence-corrected chi connectivity index (χ0v) is 12.6. The summed E-state index contributed by atoms with van der Waals surface area (Å²) < 4.78 is 0. The van der Waals surface area contributed by atoms with E-state index in [4.69, 9.17) is 0 Å². The van der Waals surface area contributed by atoms with Gasteiger partial charge in [-0.1, -0.05) is 57.2 Å². The third-order valence-electron chi connectivity index (χ3n) is 3.01. The Hall–Kier alpha value is -0.630. The molecule has 1 aromatic rings. The molecule has 1 unspecified atom stereocenters. The van der Waals surface area contributed by atoms with E-state index in [0.717, 1.165) is 0 Å². The topological polar surface area (TPSA) is 12.0 Å². The minimum Gasteiger partial charge on any atom is -0.374 e. The van der Waals surface area contributed by atoms with Crippen molar-refractivity contribution in [3.05, 3.63) is 30.3 Å². The largest absolute Gasteiger partial charge is 0.374 e. The molecule has 0 saturated heterocycles. The number of hydrogen-bond acceptors (Lipinski definition) is 2. The van der Waals surface area contributed by atoms with Crippen LogP contribution in [0.5, 0.6) is 0 Å². The quantitative estimate of drug-likeness (QED) is 0.440. The van der Waals surface area contributed by atoms with Crippen molar-refractivity contribution in [2.24, 2.45) is 0 Å². The molecule has 0 heterocycles. The Morgan fingerprint density at radius 1 is 1.00 bits per heavy atom. The predicted molar refractivity (Wildman–Crippen MR) is 85.4 cm³/mol. The number of hydrogen-bond donors (Lipinski definition) is 1. The van der Waals surface area contributed by atoms with Crippen LogP contribution in [0.4, 0.5) is 5.69 Å². The maximum absolute atomic E-state index is 3.52. The van der Waals surface area contributed by atoms with Gasteiger partial charge in [-0.15, -0.1) is 11.8 Å². The van der Waals surface area contributed by atoms with E-state index in [0.29, 0.717) is 5.37 Å². The Labute approximate surface area is 117 Å². The van der Waals surface area contributed by atoms with Crippen molar-refractivity contribution in [2.75, 3.05) is 11.1 Å². The van der Waals surface area contributed by atoms with Gasteiger partial charge in [0.05, 0.1) is 5.37 Å². The summed E-state index contributed by atoms with van der Waals surface area (Å²) in [5, 5.41) is 4.02. The van der Waals surface area contributed by atoms with E-state index in [1.807, 2.05) is 11.8 Å². The Morgan fingerprint density at radius 2 is 1.67 bits per heavy atom. The molecule has 1 atom stereocenters. The van der Waals surface area contributed by atoms with Crippen molar-refractivity contribution in [1.82, 2.24) is 0 Å². The number of anilines is 1. The van der Waals surface area contributed by atoms with Gasteiger partial charge in [-0.05, 0) is 31.2 Å². The minimum absolute atomic E-state index is 0.503. The fourth-order valence-electron chi connectivity index (χ4n) is 1.95. The van der Waals surface area contributed by atoms with E-state index in [-0.39, 0.29) is 0 Å². The average Bonchev–Trinajstić information content (AvgIpc) is 2.39. The molecule has 1 N–H and O–H groups in total. The molecule has 18 heavy (non-hydrogen) atoms. The molecule has 1 aromatic carbocycles. The summed E-state index contributed by atoms with van der Waals surface area (Å²) in [6.45, 7) is 4.52. The van der Waals surface area contributed by atoms with Crippen LogP contribution in [-0.4, -0.2) is 11.1 Å². The van der Waals surface area contributed by atoms with Gasteiger partial charge in [-0.3, -0.25) is 0 Å². The summed E-state index contributed by atoms with van der Waals surface area (Å²) in [4.78, 5) is 0. The highest BCUT2D eigenvalue weighted by molar-refractivity contribution is 7.99.